The summed E-state index contributed by atoms with van der Waals surface area (Å²) in [6, 6.07) is 20.8. The molecule has 0 fully saturated rings. The van der Waals surface area contributed by atoms with Gasteiger partial charge in [-0.3, -0.25) is 4.79 Å². The zero-order chi connectivity index (χ0) is 23.0. The van der Waals surface area contributed by atoms with Gasteiger partial charge in [0, 0.05) is 38.4 Å². The lowest BCUT2D eigenvalue weighted by Gasteiger charge is -2.45. The molecule has 0 spiro atoms. The van der Waals surface area contributed by atoms with Gasteiger partial charge in [0.05, 0.1) is 0 Å². The maximum Gasteiger partial charge on any atom is 0.252 e. The molecule has 0 radical (unpaired) electrons. The fraction of sp³-hybridized carbons (Fsp3) is 0.346. The third-order valence-electron chi connectivity index (χ3n) is 7.02. The fourth-order valence-electron chi connectivity index (χ4n) is 5.44. The van der Waals surface area contributed by atoms with Gasteiger partial charge in [-0.2, -0.15) is 0 Å². The van der Waals surface area contributed by atoms with E-state index >= 15 is 0 Å². The van der Waals surface area contributed by atoms with Gasteiger partial charge >= 0.3 is 0 Å². The summed E-state index contributed by atoms with van der Waals surface area (Å²) in [6.07, 6.45) is 1.86. The normalized spacial score (nSPS) is 21.0. The van der Waals surface area contributed by atoms with E-state index in [4.69, 9.17) is 0 Å². The van der Waals surface area contributed by atoms with Gasteiger partial charge in [-0.05, 0) is 52.5 Å². The van der Waals surface area contributed by atoms with E-state index in [0.29, 0.717) is 47.9 Å². The molecule has 33 heavy (non-hydrogen) atoms. The molecule has 1 aromatic heterocycles. The van der Waals surface area contributed by atoms with Gasteiger partial charge in [0.25, 0.3) is 10.0 Å². The Labute approximate surface area is 199 Å². The van der Waals surface area contributed by atoms with E-state index in [1.54, 1.807) is 24.6 Å². The summed E-state index contributed by atoms with van der Waals surface area (Å²) in [4.78, 5) is 12.6. The molecule has 0 saturated heterocycles. The second-order valence-corrected chi connectivity index (χ2v) is 12.2. The molecule has 6 rings (SSSR count). The number of carbonyl (C=O) groups excluding carboxylic acids is 1. The van der Waals surface area contributed by atoms with Crippen LogP contribution in [0.3, 0.4) is 0 Å². The largest absolute Gasteiger partial charge is 0.356 e. The molecule has 1 amide bonds. The third kappa shape index (κ3) is 4.14. The van der Waals surface area contributed by atoms with Crippen LogP contribution in [-0.4, -0.2) is 38.8 Å². The molecule has 5 nitrogen and oxygen atoms in total. The van der Waals surface area contributed by atoms with E-state index < -0.39 is 10.0 Å². The van der Waals surface area contributed by atoms with Crippen LogP contribution in [0.15, 0.2) is 70.3 Å². The molecule has 1 heterocycles. The van der Waals surface area contributed by atoms with Gasteiger partial charge in [-0.15, -0.1) is 11.3 Å². The molecule has 2 aromatic carbocycles. The Morgan fingerprint density at radius 3 is 2.24 bits per heavy atom. The van der Waals surface area contributed by atoms with E-state index in [9.17, 15) is 13.2 Å². The Kier molecular flexibility index (Phi) is 6.12. The Hall–Kier alpha value is -2.48. The van der Waals surface area contributed by atoms with Gasteiger partial charge in [-0.1, -0.05) is 54.6 Å². The topological polar surface area (TPSA) is 66.5 Å². The van der Waals surface area contributed by atoms with Gasteiger partial charge in [-0.25, -0.2) is 12.7 Å². The number of rotatable bonds is 8. The van der Waals surface area contributed by atoms with Crippen molar-refractivity contribution in [1.82, 2.24) is 9.62 Å². The maximum atomic E-state index is 12.6. The zero-order valence-electron chi connectivity index (χ0n) is 18.6. The molecular formula is C26H28N2O3S2. The highest BCUT2D eigenvalue weighted by Gasteiger charge is 2.42. The second-order valence-electron chi connectivity index (χ2n) is 8.95. The molecule has 3 aromatic rings. The maximum absolute atomic E-state index is 12.6. The minimum absolute atomic E-state index is 0.0139. The molecule has 7 heteroatoms. The smallest absolute Gasteiger partial charge is 0.252 e. The molecule has 1 N–H and O–H groups in total. The van der Waals surface area contributed by atoms with E-state index in [1.165, 1.54) is 37.9 Å². The summed E-state index contributed by atoms with van der Waals surface area (Å²) in [6.45, 7) is 0.967. The van der Waals surface area contributed by atoms with Crippen molar-refractivity contribution in [1.29, 1.82) is 0 Å². The standard InChI is InChI=1S/C26H28N2O3S2/c1-28(33(30,31)25-13-7-15-32-25)14-6-12-24(29)27-17-18-16-23-19-8-2-4-10-21(19)26(18)22-11-5-3-9-20(22)23/h2-5,7-11,13,15,18,23,26H,6,12,14,16-17H2,1H3,(H,27,29). The monoisotopic (exact) mass is 480 g/mol. The summed E-state index contributed by atoms with van der Waals surface area (Å²) in [5, 5.41) is 4.89. The highest BCUT2D eigenvalue weighted by molar-refractivity contribution is 7.91. The Morgan fingerprint density at radius 1 is 1.00 bits per heavy atom. The number of thiophene rings is 1. The second kappa shape index (κ2) is 9.05. The highest BCUT2D eigenvalue weighted by atomic mass is 32.2. The van der Waals surface area contributed by atoms with Crippen molar-refractivity contribution in [2.75, 3.05) is 20.1 Å². The minimum Gasteiger partial charge on any atom is -0.356 e. The average Bonchev–Trinajstić information content (AvgIpc) is 3.39. The lowest BCUT2D eigenvalue weighted by Crippen LogP contribution is -2.39. The van der Waals surface area contributed by atoms with Crippen LogP contribution in [0.4, 0.5) is 0 Å². The lowest BCUT2D eigenvalue weighted by atomic mass is 9.59. The number of benzene rings is 2. The highest BCUT2D eigenvalue weighted by Crippen LogP contribution is 2.55. The first-order valence-electron chi connectivity index (χ1n) is 11.4. The predicted octanol–water partition coefficient (Wildman–Crippen LogP) is 4.56. The van der Waals surface area contributed by atoms with Gasteiger partial charge < -0.3 is 5.32 Å². The third-order valence-corrected chi connectivity index (χ3v) is 10.3. The molecule has 172 valence electrons. The van der Waals surface area contributed by atoms with E-state index in [1.807, 2.05) is 0 Å². The van der Waals surface area contributed by atoms with E-state index in [0.717, 1.165) is 6.42 Å². The van der Waals surface area contributed by atoms with Crippen LogP contribution in [0.2, 0.25) is 0 Å². The lowest BCUT2D eigenvalue weighted by molar-refractivity contribution is -0.121. The quantitative estimate of drug-likeness (QED) is 0.514. The van der Waals surface area contributed by atoms with Crippen LogP contribution in [-0.2, 0) is 14.8 Å². The number of sulfonamides is 1. The number of hydrogen-bond donors (Lipinski definition) is 1. The Balaban J connectivity index is 1.18. The molecule has 0 saturated carbocycles. The SMILES string of the molecule is CN(CCCC(=O)NCC1CC2c3ccccc3C1c1ccccc12)S(=O)(=O)c1cccs1. The van der Waals surface area contributed by atoms with Crippen molar-refractivity contribution in [2.45, 2.75) is 35.3 Å². The number of hydrogen-bond acceptors (Lipinski definition) is 4. The van der Waals surface area contributed by atoms with Crippen molar-refractivity contribution in [2.24, 2.45) is 5.92 Å². The summed E-state index contributed by atoms with van der Waals surface area (Å²) in [5.41, 5.74) is 5.65. The van der Waals surface area contributed by atoms with Crippen LogP contribution in [0.1, 0.15) is 53.4 Å². The Bertz CT molecular complexity index is 1210. The molecule has 3 aliphatic carbocycles. The average molecular weight is 481 g/mol. The van der Waals surface area contributed by atoms with Gasteiger partial charge in [0.2, 0.25) is 5.91 Å². The molecule has 0 aliphatic heterocycles. The molecule has 1 unspecified atom stereocenters. The molecular weight excluding hydrogens is 452 g/mol. The van der Waals surface area contributed by atoms with Crippen molar-refractivity contribution in [3.8, 4) is 0 Å². The number of nitrogens with zero attached hydrogens (tertiary/aromatic N) is 1. The fourth-order valence-corrected chi connectivity index (χ4v) is 7.85. The van der Waals surface area contributed by atoms with Crippen molar-refractivity contribution in [3.63, 3.8) is 0 Å². The molecule has 1 atom stereocenters. The predicted molar refractivity (Wildman–Crippen MR) is 131 cm³/mol. The number of fused-ring (bicyclic) bond motifs is 1. The van der Waals surface area contributed by atoms with Crippen LogP contribution < -0.4 is 5.32 Å². The van der Waals surface area contributed by atoms with Crippen molar-refractivity contribution in [3.05, 3.63) is 88.3 Å². The van der Waals surface area contributed by atoms with Gasteiger partial charge in [0.1, 0.15) is 4.21 Å². The first kappa shape index (κ1) is 22.3. The number of carbonyl (C=O) groups is 1. The minimum atomic E-state index is -3.47. The first-order valence-corrected chi connectivity index (χ1v) is 13.7. The van der Waals surface area contributed by atoms with Crippen LogP contribution in [0.5, 0.6) is 0 Å². The van der Waals surface area contributed by atoms with Gasteiger partial charge in [0.15, 0.2) is 0 Å². The first-order chi connectivity index (χ1) is 16.0. The molecule has 3 aliphatic rings. The van der Waals surface area contributed by atoms with E-state index in [2.05, 4.69) is 53.8 Å². The van der Waals surface area contributed by atoms with Crippen LogP contribution in [0, 0.1) is 5.92 Å². The van der Waals surface area contributed by atoms with Crippen LogP contribution in [0.25, 0.3) is 0 Å². The summed E-state index contributed by atoms with van der Waals surface area (Å²) in [7, 11) is -1.90. The van der Waals surface area contributed by atoms with E-state index in [-0.39, 0.29) is 5.91 Å². The Morgan fingerprint density at radius 2 is 1.64 bits per heavy atom. The zero-order valence-corrected chi connectivity index (χ0v) is 20.2. The summed E-state index contributed by atoms with van der Waals surface area (Å²) in [5.74, 6) is 1.05. The number of nitrogens with one attached hydrogen (secondary N) is 1. The number of amides is 1. The van der Waals surface area contributed by atoms with Crippen molar-refractivity contribution < 1.29 is 13.2 Å². The van der Waals surface area contributed by atoms with Crippen molar-refractivity contribution >= 4 is 27.3 Å². The molecule has 2 bridgehead atoms. The summed E-state index contributed by atoms with van der Waals surface area (Å²) >= 11 is 1.21. The summed E-state index contributed by atoms with van der Waals surface area (Å²) < 4.78 is 26.7. The van der Waals surface area contributed by atoms with Crippen LogP contribution >= 0.6 is 11.3 Å².